The number of hydrogen-bond acceptors (Lipinski definition) is 2. The lowest BCUT2D eigenvalue weighted by Gasteiger charge is -2.20. The monoisotopic (exact) mass is 172 g/mol. The largest absolute Gasteiger partial charge is 0.203 e. The number of halogens is 1. The molecule has 11 heavy (non-hydrogen) atoms. The van der Waals surface area contributed by atoms with Gasteiger partial charge in [0.25, 0.3) is 0 Å². The zero-order chi connectivity index (χ0) is 8.27. The third-order valence-corrected chi connectivity index (χ3v) is 2.54. The smallest absolute Gasteiger partial charge is 0.101 e. The number of rotatable bonds is 4. The van der Waals surface area contributed by atoms with Crippen LogP contribution in [0.4, 0.5) is 0 Å². The van der Waals surface area contributed by atoms with E-state index in [1.54, 1.807) is 4.42 Å². The molecule has 1 rings (SSSR count). The van der Waals surface area contributed by atoms with E-state index in [2.05, 4.69) is 13.0 Å². The minimum Gasteiger partial charge on any atom is -0.203 e. The first-order chi connectivity index (χ1) is 5.29. The van der Waals surface area contributed by atoms with Crippen LogP contribution in [-0.2, 0) is 0 Å². The summed E-state index contributed by atoms with van der Waals surface area (Å²) in [5.41, 5.74) is 0. The average molecular weight is 173 g/mol. The van der Waals surface area contributed by atoms with Crippen molar-refractivity contribution in [2.75, 3.05) is 6.54 Å². The van der Waals surface area contributed by atoms with Crippen molar-refractivity contribution < 1.29 is 0 Å². The van der Waals surface area contributed by atoms with E-state index in [9.17, 15) is 0 Å². The maximum Gasteiger partial charge on any atom is 0.101 e. The summed E-state index contributed by atoms with van der Waals surface area (Å²) in [6.07, 6.45) is 3.62. The van der Waals surface area contributed by atoms with Gasteiger partial charge in [0.1, 0.15) is 6.54 Å². The van der Waals surface area contributed by atoms with E-state index < -0.39 is 0 Å². The average Bonchev–Trinajstić information content (AvgIpc) is 2.73. The predicted molar refractivity (Wildman–Crippen MR) is 45.0 cm³/mol. The fraction of sp³-hybridized carbons (Fsp3) is 0.875. The number of hydrogen-bond donors (Lipinski definition) is 0. The quantitative estimate of drug-likeness (QED) is 0.480. The molecule has 2 nitrogen and oxygen atoms in total. The van der Waals surface area contributed by atoms with Crippen LogP contribution >= 0.6 is 11.8 Å². The van der Waals surface area contributed by atoms with Crippen molar-refractivity contribution in [3.63, 3.8) is 0 Å². The molecule has 0 bridgehead atoms. The van der Waals surface area contributed by atoms with Crippen molar-refractivity contribution in [3.05, 3.63) is 0 Å². The highest BCUT2D eigenvalue weighted by Crippen LogP contribution is 2.37. The van der Waals surface area contributed by atoms with Crippen LogP contribution in [0.1, 0.15) is 26.2 Å². The maximum atomic E-state index is 8.41. The summed E-state index contributed by atoms with van der Waals surface area (Å²) in [5, 5.41) is 8.41. The summed E-state index contributed by atoms with van der Waals surface area (Å²) in [6, 6.07) is 2.49. The molecule has 3 heteroatoms. The van der Waals surface area contributed by atoms with Crippen LogP contribution in [0.5, 0.6) is 0 Å². The Balaban J connectivity index is 2.34. The van der Waals surface area contributed by atoms with Gasteiger partial charge in [0.05, 0.1) is 6.07 Å². The van der Waals surface area contributed by atoms with Gasteiger partial charge >= 0.3 is 0 Å². The van der Waals surface area contributed by atoms with E-state index in [4.69, 9.17) is 17.0 Å². The fourth-order valence-electron chi connectivity index (χ4n) is 1.43. The summed E-state index contributed by atoms with van der Waals surface area (Å²) in [5.74, 6) is 0.755. The van der Waals surface area contributed by atoms with Crippen molar-refractivity contribution >= 4 is 11.8 Å². The van der Waals surface area contributed by atoms with E-state index in [-0.39, 0.29) is 0 Å². The van der Waals surface area contributed by atoms with Gasteiger partial charge in [-0.05, 0) is 37.0 Å². The van der Waals surface area contributed by atoms with E-state index in [0.29, 0.717) is 12.6 Å². The Bertz CT molecular complexity index is 160. The molecule has 0 saturated heterocycles. The van der Waals surface area contributed by atoms with Crippen LogP contribution in [0.3, 0.4) is 0 Å². The Kier molecular flexibility index (Phi) is 3.16. The first kappa shape index (κ1) is 8.83. The van der Waals surface area contributed by atoms with Gasteiger partial charge in [-0.2, -0.15) is 5.26 Å². The van der Waals surface area contributed by atoms with Gasteiger partial charge in [0.2, 0.25) is 0 Å². The Morgan fingerprint density at radius 2 is 2.36 bits per heavy atom. The third-order valence-electron chi connectivity index (χ3n) is 2.17. The van der Waals surface area contributed by atoms with Crippen LogP contribution in [0.25, 0.3) is 0 Å². The lowest BCUT2D eigenvalue weighted by molar-refractivity contribution is 0.323. The molecule has 1 fully saturated rings. The molecule has 0 amide bonds. The molecule has 1 saturated carbocycles. The molecule has 0 heterocycles. The molecule has 1 atom stereocenters. The minimum atomic E-state index is 0.344. The lowest BCUT2D eigenvalue weighted by atomic mass is 10.1. The van der Waals surface area contributed by atoms with Gasteiger partial charge in [-0.1, -0.05) is 6.92 Å². The summed E-state index contributed by atoms with van der Waals surface area (Å²) >= 11 is 5.89. The Labute approximate surface area is 72.9 Å². The molecule has 1 aliphatic rings. The summed E-state index contributed by atoms with van der Waals surface area (Å²) in [7, 11) is 0. The minimum absolute atomic E-state index is 0.344. The zero-order valence-electron chi connectivity index (χ0n) is 6.76. The van der Waals surface area contributed by atoms with Crippen LogP contribution in [0.15, 0.2) is 0 Å². The summed E-state index contributed by atoms with van der Waals surface area (Å²) in [6.45, 7) is 2.46. The zero-order valence-corrected chi connectivity index (χ0v) is 7.51. The lowest BCUT2D eigenvalue weighted by Crippen LogP contribution is -2.28. The molecule has 0 N–H and O–H groups in total. The summed E-state index contributed by atoms with van der Waals surface area (Å²) in [4.78, 5) is 0. The number of nitriles is 1. The van der Waals surface area contributed by atoms with Crippen molar-refractivity contribution in [2.45, 2.75) is 32.2 Å². The van der Waals surface area contributed by atoms with Gasteiger partial charge < -0.3 is 0 Å². The Hall–Kier alpha value is -0.260. The van der Waals surface area contributed by atoms with Crippen molar-refractivity contribution in [2.24, 2.45) is 5.92 Å². The molecule has 0 unspecified atom stereocenters. The van der Waals surface area contributed by atoms with Crippen LogP contribution in [0, 0.1) is 17.2 Å². The Morgan fingerprint density at radius 3 is 2.73 bits per heavy atom. The second-order valence-electron chi connectivity index (χ2n) is 3.03. The predicted octanol–water partition coefficient (Wildman–Crippen LogP) is 2.15. The molecule has 0 aromatic heterocycles. The first-order valence-electron chi connectivity index (χ1n) is 4.09. The fourth-order valence-corrected chi connectivity index (χ4v) is 1.78. The molecule has 62 valence electrons. The molecular weight excluding hydrogens is 160 g/mol. The van der Waals surface area contributed by atoms with E-state index in [1.165, 1.54) is 12.8 Å². The highest BCUT2D eigenvalue weighted by Gasteiger charge is 2.33. The van der Waals surface area contributed by atoms with Gasteiger partial charge in [0.15, 0.2) is 0 Å². The van der Waals surface area contributed by atoms with Crippen LogP contribution in [-0.4, -0.2) is 17.0 Å². The highest BCUT2D eigenvalue weighted by molar-refractivity contribution is 6.13. The van der Waals surface area contributed by atoms with Crippen molar-refractivity contribution in [1.82, 2.24) is 4.42 Å². The molecule has 0 aromatic carbocycles. The summed E-state index contributed by atoms with van der Waals surface area (Å²) < 4.78 is 1.65. The van der Waals surface area contributed by atoms with E-state index in [0.717, 1.165) is 12.3 Å². The third kappa shape index (κ3) is 2.36. The molecule has 0 radical (unpaired) electrons. The van der Waals surface area contributed by atoms with Gasteiger partial charge in [0, 0.05) is 6.04 Å². The first-order valence-corrected chi connectivity index (χ1v) is 4.42. The molecule has 0 aromatic rings. The Morgan fingerprint density at radius 1 is 1.73 bits per heavy atom. The van der Waals surface area contributed by atoms with E-state index in [1.807, 2.05) is 0 Å². The number of nitrogens with zero attached hydrogens (tertiary/aromatic N) is 2. The standard InChI is InChI=1S/C8H13ClN2/c1-2-8(7-3-4-7)11(9)6-5-10/h7-8H,2-4,6H2,1H3/t8-/m1/s1. The SMILES string of the molecule is CC[C@H](C1CC1)N(Cl)CC#N. The van der Waals surface area contributed by atoms with Crippen LogP contribution < -0.4 is 0 Å². The highest BCUT2D eigenvalue weighted by atomic mass is 35.5. The van der Waals surface area contributed by atoms with Crippen LogP contribution in [0.2, 0.25) is 0 Å². The maximum absolute atomic E-state index is 8.41. The molecular formula is C8H13ClN2. The second-order valence-corrected chi connectivity index (χ2v) is 3.46. The topological polar surface area (TPSA) is 27.0 Å². The van der Waals surface area contributed by atoms with Gasteiger partial charge in [-0.15, -0.1) is 0 Å². The normalized spacial score (nSPS) is 19.8. The molecule has 0 spiro atoms. The molecule has 0 aliphatic heterocycles. The van der Waals surface area contributed by atoms with Gasteiger partial charge in [-0.3, -0.25) is 0 Å². The van der Waals surface area contributed by atoms with Gasteiger partial charge in [-0.25, -0.2) is 4.42 Å². The van der Waals surface area contributed by atoms with Crippen molar-refractivity contribution in [1.29, 1.82) is 5.26 Å². The molecule has 1 aliphatic carbocycles. The van der Waals surface area contributed by atoms with Crippen molar-refractivity contribution in [3.8, 4) is 6.07 Å². The second kappa shape index (κ2) is 3.94. The van der Waals surface area contributed by atoms with E-state index >= 15 is 0 Å².